The van der Waals surface area contributed by atoms with Crippen molar-refractivity contribution in [3.63, 3.8) is 0 Å². The molecule has 10 heteroatoms. The molecule has 9 nitrogen and oxygen atoms in total. The molecule has 2 aromatic heterocycles. The molecule has 0 fully saturated rings. The summed E-state index contributed by atoms with van der Waals surface area (Å²) in [7, 11) is 4.81. The Balaban J connectivity index is 1.88. The van der Waals surface area contributed by atoms with Crippen molar-refractivity contribution in [1.82, 2.24) is 19.9 Å². The molecular formula is C20H22N6O3S. The van der Waals surface area contributed by atoms with E-state index in [1.54, 1.807) is 32.2 Å². The first-order valence-corrected chi connectivity index (χ1v) is 10.0. The third kappa shape index (κ3) is 3.43. The Bertz CT molecular complexity index is 1160. The van der Waals surface area contributed by atoms with Crippen molar-refractivity contribution >= 4 is 27.8 Å². The first-order valence-electron chi connectivity index (χ1n) is 9.22. The lowest BCUT2D eigenvalue weighted by molar-refractivity contribution is 0.404. The fraction of sp³-hybridized carbons (Fsp3) is 0.350. The summed E-state index contributed by atoms with van der Waals surface area (Å²) in [5.41, 5.74) is 1.94. The number of nitrogens with zero attached hydrogens (tertiary/aromatic N) is 6. The van der Waals surface area contributed by atoms with E-state index in [0.717, 1.165) is 11.3 Å². The van der Waals surface area contributed by atoms with Gasteiger partial charge in [0, 0.05) is 5.41 Å². The van der Waals surface area contributed by atoms with Crippen LogP contribution in [0.2, 0.25) is 0 Å². The van der Waals surface area contributed by atoms with Crippen molar-refractivity contribution in [1.29, 1.82) is 0 Å². The van der Waals surface area contributed by atoms with Crippen LogP contribution in [-0.4, -0.2) is 52.6 Å². The molecule has 0 amide bonds. The molecule has 0 saturated carbocycles. The third-order valence-electron chi connectivity index (χ3n) is 4.50. The van der Waals surface area contributed by atoms with Crippen molar-refractivity contribution in [2.45, 2.75) is 20.8 Å². The second kappa shape index (κ2) is 7.52. The van der Waals surface area contributed by atoms with Crippen molar-refractivity contribution in [2.24, 2.45) is 15.5 Å². The molecule has 0 aliphatic carbocycles. The van der Waals surface area contributed by atoms with Crippen molar-refractivity contribution in [3.05, 3.63) is 30.2 Å². The number of rotatable bonds is 5. The van der Waals surface area contributed by atoms with Gasteiger partial charge in [0.05, 0.1) is 38.8 Å². The summed E-state index contributed by atoms with van der Waals surface area (Å²) in [4.78, 5) is 8.97. The van der Waals surface area contributed by atoms with E-state index in [0.29, 0.717) is 39.1 Å². The molecule has 0 spiro atoms. The van der Waals surface area contributed by atoms with E-state index in [1.807, 2.05) is 18.2 Å². The van der Waals surface area contributed by atoms with Crippen LogP contribution in [0.1, 0.15) is 26.6 Å². The highest BCUT2D eigenvalue weighted by molar-refractivity contribution is 7.17. The zero-order valence-corrected chi connectivity index (χ0v) is 18.4. The van der Waals surface area contributed by atoms with Gasteiger partial charge in [-0.15, -0.1) is 10.2 Å². The molecule has 156 valence electrons. The number of aromatic nitrogens is 4. The van der Waals surface area contributed by atoms with Gasteiger partial charge in [-0.3, -0.25) is 0 Å². The fourth-order valence-electron chi connectivity index (χ4n) is 3.05. The quantitative estimate of drug-likeness (QED) is 0.615. The topological polar surface area (TPSA) is 96.0 Å². The van der Waals surface area contributed by atoms with Crippen LogP contribution in [-0.2, 0) is 0 Å². The summed E-state index contributed by atoms with van der Waals surface area (Å²) in [5.74, 6) is 2.45. The number of aliphatic imine (C=N–C) groups is 1. The van der Waals surface area contributed by atoms with Gasteiger partial charge < -0.3 is 14.2 Å². The monoisotopic (exact) mass is 426 g/mol. The van der Waals surface area contributed by atoms with E-state index in [9.17, 15) is 0 Å². The average Bonchev–Trinajstić information content (AvgIpc) is 3.43. The molecule has 1 aromatic carbocycles. The van der Waals surface area contributed by atoms with Gasteiger partial charge in [-0.05, 0) is 18.2 Å². The molecule has 3 aromatic rings. The standard InChI is InChI=1S/C20H22N6O3S/c1-20(2,3)16-15(22-14-10-21-19(29-6)30-14)18-24-23-17(26(18)25-16)12-9-11(27-4)7-8-13(12)28-5/h7-10H,1-6H3/b22-15-. The maximum absolute atomic E-state index is 5.52. The number of thiazole rings is 1. The third-order valence-corrected chi connectivity index (χ3v) is 5.36. The van der Waals surface area contributed by atoms with Crippen LogP contribution in [0.3, 0.4) is 0 Å². The van der Waals surface area contributed by atoms with E-state index in [1.165, 1.54) is 11.3 Å². The predicted octanol–water partition coefficient (Wildman–Crippen LogP) is 3.81. The number of ether oxygens (including phenoxy) is 3. The van der Waals surface area contributed by atoms with E-state index >= 15 is 0 Å². The van der Waals surface area contributed by atoms with E-state index in [-0.39, 0.29) is 5.41 Å². The minimum Gasteiger partial charge on any atom is -0.497 e. The summed E-state index contributed by atoms with van der Waals surface area (Å²) < 4.78 is 17.8. The zero-order valence-electron chi connectivity index (χ0n) is 17.6. The molecule has 0 atom stereocenters. The van der Waals surface area contributed by atoms with E-state index in [2.05, 4.69) is 36.0 Å². The number of methoxy groups -OCH3 is 3. The Kier molecular flexibility index (Phi) is 5.02. The van der Waals surface area contributed by atoms with Crippen LogP contribution >= 0.6 is 11.3 Å². The Morgan fingerprint density at radius 1 is 1.00 bits per heavy atom. The molecule has 0 bridgehead atoms. The molecule has 0 unspecified atom stereocenters. The van der Waals surface area contributed by atoms with Crippen LogP contribution < -0.4 is 14.2 Å². The van der Waals surface area contributed by atoms with Gasteiger partial charge >= 0.3 is 0 Å². The molecule has 30 heavy (non-hydrogen) atoms. The molecule has 0 saturated heterocycles. The van der Waals surface area contributed by atoms with Gasteiger partial charge in [0.1, 0.15) is 22.2 Å². The van der Waals surface area contributed by atoms with Crippen LogP contribution in [0.25, 0.3) is 11.4 Å². The summed E-state index contributed by atoms with van der Waals surface area (Å²) in [6.07, 6.45) is 1.67. The van der Waals surface area contributed by atoms with Gasteiger partial charge in [0.15, 0.2) is 5.82 Å². The fourth-order valence-corrected chi connectivity index (χ4v) is 3.66. The smallest absolute Gasteiger partial charge is 0.274 e. The molecule has 3 heterocycles. The van der Waals surface area contributed by atoms with Gasteiger partial charge in [-0.25, -0.2) is 9.98 Å². The largest absolute Gasteiger partial charge is 0.497 e. The van der Waals surface area contributed by atoms with Crippen molar-refractivity contribution < 1.29 is 14.2 Å². The van der Waals surface area contributed by atoms with Crippen LogP contribution in [0, 0.1) is 5.41 Å². The van der Waals surface area contributed by atoms with Crippen LogP contribution in [0.4, 0.5) is 5.00 Å². The first kappa shape index (κ1) is 20.0. The first-order chi connectivity index (χ1) is 14.4. The van der Waals surface area contributed by atoms with Crippen LogP contribution in [0.15, 0.2) is 34.5 Å². The Hall–Kier alpha value is -3.27. The highest BCUT2D eigenvalue weighted by atomic mass is 32.1. The van der Waals surface area contributed by atoms with E-state index < -0.39 is 0 Å². The maximum atomic E-state index is 5.52. The van der Waals surface area contributed by atoms with Gasteiger partial charge in [0.2, 0.25) is 5.82 Å². The summed E-state index contributed by atoms with van der Waals surface area (Å²) in [6, 6.07) is 5.51. The molecule has 1 aliphatic heterocycles. The highest BCUT2D eigenvalue weighted by Gasteiger charge is 2.36. The Labute approximate surface area is 178 Å². The van der Waals surface area contributed by atoms with Crippen molar-refractivity contribution in [2.75, 3.05) is 21.3 Å². The minimum atomic E-state index is -0.260. The predicted molar refractivity (Wildman–Crippen MR) is 116 cm³/mol. The molecular weight excluding hydrogens is 404 g/mol. The molecule has 0 N–H and O–H groups in total. The summed E-state index contributed by atoms with van der Waals surface area (Å²) >= 11 is 1.35. The second-order valence-electron chi connectivity index (χ2n) is 7.55. The normalized spacial score (nSPS) is 14.6. The maximum Gasteiger partial charge on any atom is 0.274 e. The lowest BCUT2D eigenvalue weighted by atomic mass is 9.87. The van der Waals surface area contributed by atoms with Crippen molar-refractivity contribution in [3.8, 4) is 28.1 Å². The molecule has 4 rings (SSSR count). The Morgan fingerprint density at radius 2 is 1.77 bits per heavy atom. The minimum absolute atomic E-state index is 0.260. The van der Waals surface area contributed by atoms with Gasteiger partial charge in [0.25, 0.3) is 5.19 Å². The lowest BCUT2D eigenvalue weighted by Crippen LogP contribution is -2.27. The highest BCUT2D eigenvalue weighted by Crippen LogP contribution is 2.36. The number of hydrogen-bond acceptors (Lipinski definition) is 9. The van der Waals surface area contributed by atoms with E-state index in [4.69, 9.17) is 24.3 Å². The Morgan fingerprint density at radius 3 is 2.40 bits per heavy atom. The number of benzene rings is 1. The number of fused-ring (bicyclic) bond motifs is 1. The lowest BCUT2D eigenvalue weighted by Gasteiger charge is -2.17. The SMILES string of the molecule is COc1ccc(OC)c(-c2nnc3n2N=C(C(C)(C)C)/C3=N/c2cnc(OC)s2)c1. The molecule has 0 radical (unpaired) electrons. The second-order valence-corrected chi connectivity index (χ2v) is 8.52. The zero-order chi connectivity index (χ0) is 21.5. The van der Waals surface area contributed by atoms with Crippen LogP contribution in [0.5, 0.6) is 16.7 Å². The number of hydrogen-bond donors (Lipinski definition) is 0. The molecule has 1 aliphatic rings. The summed E-state index contributed by atoms with van der Waals surface area (Å²) in [5, 5.41) is 14.9. The van der Waals surface area contributed by atoms with Gasteiger partial charge in [-0.1, -0.05) is 32.1 Å². The summed E-state index contributed by atoms with van der Waals surface area (Å²) in [6.45, 7) is 6.25. The average molecular weight is 427 g/mol. The van der Waals surface area contributed by atoms with Gasteiger partial charge in [-0.2, -0.15) is 9.78 Å².